The van der Waals surface area contributed by atoms with Gasteiger partial charge in [-0.2, -0.15) is 5.10 Å². The van der Waals surface area contributed by atoms with Crippen LogP contribution in [0.25, 0.3) is 11.3 Å². The van der Waals surface area contributed by atoms with E-state index in [-0.39, 0.29) is 0 Å². The number of hydrogen-bond acceptors (Lipinski definition) is 5. The molecule has 1 aliphatic rings. The number of nitrogen functional groups attached to an aromatic ring is 1. The summed E-state index contributed by atoms with van der Waals surface area (Å²) in [5.41, 5.74) is 8.32. The lowest BCUT2D eigenvalue weighted by Crippen LogP contribution is -2.48. The van der Waals surface area contributed by atoms with Crippen LogP contribution in [0, 0.1) is 0 Å². The molecule has 4 N–H and O–H groups in total. The van der Waals surface area contributed by atoms with Crippen LogP contribution in [0.15, 0.2) is 24.3 Å². The Bertz CT molecular complexity index is 707. The van der Waals surface area contributed by atoms with Crippen molar-refractivity contribution in [2.75, 3.05) is 43.9 Å². The number of carboxylic acid groups (broad SMARTS) is 1. The molecule has 1 fully saturated rings. The van der Waals surface area contributed by atoms with E-state index < -0.39 is 6.09 Å². The number of aromatic nitrogens is 2. The van der Waals surface area contributed by atoms with Gasteiger partial charge in [0.25, 0.3) is 0 Å². The maximum absolute atomic E-state index is 11.0. The number of nitrogens with one attached hydrogen (secondary N) is 1. The van der Waals surface area contributed by atoms with E-state index in [1.807, 2.05) is 18.2 Å². The average molecular weight is 317 g/mol. The summed E-state index contributed by atoms with van der Waals surface area (Å²) < 4.78 is 5.48. The number of H-pyrrole nitrogens is 1. The molecule has 0 aliphatic carbocycles. The van der Waals surface area contributed by atoms with Crippen molar-refractivity contribution in [3.05, 3.63) is 24.3 Å². The number of nitrogens with zero attached hydrogens (tertiary/aromatic N) is 3. The van der Waals surface area contributed by atoms with Crippen LogP contribution in [-0.2, 0) is 0 Å². The summed E-state index contributed by atoms with van der Waals surface area (Å²) in [6.45, 7) is 2.31. The third-order valence-electron chi connectivity index (χ3n) is 3.99. The fourth-order valence-corrected chi connectivity index (χ4v) is 2.73. The van der Waals surface area contributed by atoms with Gasteiger partial charge in [0.1, 0.15) is 11.6 Å². The topological polar surface area (TPSA) is 108 Å². The lowest BCUT2D eigenvalue weighted by atomic mass is 10.1. The van der Waals surface area contributed by atoms with Crippen LogP contribution in [0.1, 0.15) is 0 Å². The van der Waals surface area contributed by atoms with Gasteiger partial charge < -0.3 is 25.4 Å². The van der Waals surface area contributed by atoms with E-state index in [0.717, 1.165) is 16.9 Å². The molecule has 1 saturated heterocycles. The highest BCUT2D eigenvalue weighted by molar-refractivity contribution is 5.73. The monoisotopic (exact) mass is 317 g/mol. The van der Waals surface area contributed by atoms with Crippen molar-refractivity contribution in [3.8, 4) is 17.0 Å². The highest BCUT2D eigenvalue weighted by Gasteiger charge is 2.21. The summed E-state index contributed by atoms with van der Waals surface area (Å²) in [5.74, 6) is 1.14. The van der Waals surface area contributed by atoms with Crippen LogP contribution < -0.4 is 15.4 Å². The standard InChI is InChI=1S/C15H19N5O3/c1-23-13-8-10(19-4-6-20(7-5-19)15(21)22)2-3-11(13)12-9-14(16)18-17-12/h2-3,8-9H,4-7H2,1H3,(H,21,22)(H3,16,17,18). The number of aromatic amines is 1. The molecule has 1 aromatic heterocycles. The van der Waals surface area contributed by atoms with E-state index in [4.69, 9.17) is 15.6 Å². The molecule has 0 bridgehead atoms. The summed E-state index contributed by atoms with van der Waals surface area (Å²) in [6, 6.07) is 7.64. The molecule has 1 amide bonds. The molecule has 2 aromatic rings. The molecular formula is C15H19N5O3. The first-order chi connectivity index (χ1) is 11.1. The van der Waals surface area contributed by atoms with Crippen LogP contribution >= 0.6 is 0 Å². The van der Waals surface area contributed by atoms with Crippen LogP contribution in [0.5, 0.6) is 5.75 Å². The fourth-order valence-electron chi connectivity index (χ4n) is 2.73. The Kier molecular flexibility index (Phi) is 3.96. The van der Waals surface area contributed by atoms with Crippen molar-refractivity contribution >= 4 is 17.6 Å². The Morgan fingerprint density at radius 3 is 2.61 bits per heavy atom. The third kappa shape index (κ3) is 3.01. The number of rotatable bonds is 3. The van der Waals surface area contributed by atoms with E-state index >= 15 is 0 Å². The molecule has 0 saturated carbocycles. The first-order valence-electron chi connectivity index (χ1n) is 7.30. The van der Waals surface area contributed by atoms with Crippen molar-refractivity contribution in [3.63, 3.8) is 0 Å². The van der Waals surface area contributed by atoms with E-state index in [0.29, 0.717) is 37.7 Å². The molecule has 122 valence electrons. The van der Waals surface area contributed by atoms with Crippen molar-refractivity contribution in [2.24, 2.45) is 0 Å². The number of methoxy groups -OCH3 is 1. The molecule has 0 spiro atoms. The molecular weight excluding hydrogens is 298 g/mol. The van der Waals surface area contributed by atoms with Gasteiger partial charge in [0.2, 0.25) is 0 Å². The second kappa shape index (κ2) is 6.07. The molecule has 0 radical (unpaired) electrons. The van der Waals surface area contributed by atoms with Gasteiger partial charge in [0, 0.05) is 49.6 Å². The number of piperazine rings is 1. The molecule has 23 heavy (non-hydrogen) atoms. The maximum Gasteiger partial charge on any atom is 0.407 e. The van der Waals surface area contributed by atoms with Gasteiger partial charge in [0.15, 0.2) is 0 Å². The zero-order chi connectivity index (χ0) is 16.4. The highest BCUT2D eigenvalue weighted by Crippen LogP contribution is 2.33. The van der Waals surface area contributed by atoms with E-state index in [9.17, 15) is 4.79 Å². The van der Waals surface area contributed by atoms with Gasteiger partial charge in [-0.05, 0) is 12.1 Å². The third-order valence-corrected chi connectivity index (χ3v) is 3.99. The van der Waals surface area contributed by atoms with Crippen LogP contribution in [0.2, 0.25) is 0 Å². The van der Waals surface area contributed by atoms with Crippen LogP contribution in [-0.4, -0.2) is 59.6 Å². The molecule has 3 rings (SSSR count). The minimum atomic E-state index is -0.866. The number of anilines is 2. The number of amides is 1. The highest BCUT2D eigenvalue weighted by atomic mass is 16.5. The number of hydrogen-bond donors (Lipinski definition) is 3. The molecule has 8 nitrogen and oxygen atoms in total. The lowest BCUT2D eigenvalue weighted by Gasteiger charge is -2.34. The van der Waals surface area contributed by atoms with E-state index in [2.05, 4.69) is 15.1 Å². The number of nitrogens with two attached hydrogens (primary N) is 1. The first kappa shape index (κ1) is 15.0. The second-order valence-corrected chi connectivity index (χ2v) is 5.35. The first-order valence-corrected chi connectivity index (χ1v) is 7.30. The SMILES string of the molecule is COc1cc(N2CCN(C(=O)O)CC2)ccc1-c1cc(N)n[nH]1. The second-order valence-electron chi connectivity index (χ2n) is 5.35. The number of carbonyl (C=O) groups is 1. The van der Waals surface area contributed by atoms with E-state index in [1.165, 1.54) is 4.90 Å². The Balaban J connectivity index is 1.81. The van der Waals surface area contributed by atoms with Gasteiger partial charge in [-0.15, -0.1) is 0 Å². The zero-order valence-electron chi connectivity index (χ0n) is 12.8. The summed E-state index contributed by atoms with van der Waals surface area (Å²) in [6.07, 6.45) is -0.866. The normalized spacial score (nSPS) is 14.8. The maximum atomic E-state index is 11.0. The van der Waals surface area contributed by atoms with Gasteiger partial charge >= 0.3 is 6.09 Å². The van der Waals surface area contributed by atoms with Gasteiger partial charge in [-0.1, -0.05) is 0 Å². The van der Waals surface area contributed by atoms with Crippen LogP contribution in [0.4, 0.5) is 16.3 Å². The molecule has 0 unspecified atom stereocenters. The minimum absolute atomic E-state index is 0.427. The summed E-state index contributed by atoms with van der Waals surface area (Å²) in [4.78, 5) is 14.5. The Labute approximate surface area is 133 Å². The molecule has 8 heteroatoms. The molecule has 0 atom stereocenters. The molecule has 2 heterocycles. The van der Waals surface area contributed by atoms with Crippen molar-refractivity contribution < 1.29 is 14.6 Å². The summed E-state index contributed by atoms with van der Waals surface area (Å²) in [5, 5.41) is 15.8. The van der Waals surface area contributed by atoms with Crippen molar-refractivity contribution in [1.29, 1.82) is 0 Å². The summed E-state index contributed by atoms with van der Waals surface area (Å²) >= 11 is 0. The lowest BCUT2D eigenvalue weighted by molar-refractivity contribution is 0.142. The smallest absolute Gasteiger partial charge is 0.407 e. The van der Waals surface area contributed by atoms with Crippen LogP contribution in [0.3, 0.4) is 0 Å². The largest absolute Gasteiger partial charge is 0.496 e. The predicted octanol–water partition coefficient (Wildman–Crippen LogP) is 1.47. The van der Waals surface area contributed by atoms with Crippen molar-refractivity contribution in [1.82, 2.24) is 15.1 Å². The van der Waals surface area contributed by atoms with Gasteiger partial charge in [-0.25, -0.2) is 4.79 Å². The van der Waals surface area contributed by atoms with Gasteiger partial charge in [-0.3, -0.25) is 5.10 Å². The Morgan fingerprint density at radius 2 is 2.04 bits per heavy atom. The fraction of sp³-hybridized carbons (Fsp3) is 0.333. The molecule has 1 aromatic carbocycles. The average Bonchev–Trinajstić information content (AvgIpc) is 3.00. The number of ether oxygens (including phenoxy) is 1. The number of benzene rings is 1. The minimum Gasteiger partial charge on any atom is -0.496 e. The zero-order valence-corrected chi connectivity index (χ0v) is 12.8. The quantitative estimate of drug-likeness (QED) is 0.791. The summed E-state index contributed by atoms with van der Waals surface area (Å²) in [7, 11) is 1.62. The molecule has 1 aliphatic heterocycles. The predicted molar refractivity (Wildman–Crippen MR) is 86.8 cm³/mol. The van der Waals surface area contributed by atoms with E-state index in [1.54, 1.807) is 13.2 Å². The Morgan fingerprint density at radius 1 is 1.30 bits per heavy atom. The Hall–Kier alpha value is -2.90. The van der Waals surface area contributed by atoms with Crippen molar-refractivity contribution in [2.45, 2.75) is 0 Å². The van der Waals surface area contributed by atoms with Gasteiger partial charge in [0.05, 0.1) is 12.8 Å².